The molecule has 0 radical (unpaired) electrons. The smallest absolute Gasteiger partial charge is 0.261 e. The number of nitrogens with one attached hydrogen (secondary N) is 3. The van der Waals surface area contributed by atoms with Crippen LogP contribution in [0.5, 0.6) is 0 Å². The lowest BCUT2D eigenvalue weighted by Gasteiger charge is -2.05. The number of carbonyl (C=O) groups is 2. The Kier molecular flexibility index (Phi) is 6.38. The third-order valence-electron chi connectivity index (χ3n) is 3.96. The molecule has 0 bridgehead atoms. The van der Waals surface area contributed by atoms with Crippen LogP contribution in [0.25, 0.3) is 11.0 Å². The van der Waals surface area contributed by atoms with Crippen LogP contribution >= 0.6 is 11.3 Å². The lowest BCUT2D eigenvalue weighted by Crippen LogP contribution is -2.27. The first-order chi connectivity index (χ1) is 12.7. The minimum atomic E-state index is -0.0776. The van der Waals surface area contributed by atoms with Gasteiger partial charge in [-0.05, 0) is 36.4 Å². The molecule has 2 amide bonds. The van der Waals surface area contributed by atoms with Crippen LogP contribution in [-0.4, -0.2) is 34.9 Å². The number of benzene rings is 1. The first-order valence-electron chi connectivity index (χ1n) is 8.74. The van der Waals surface area contributed by atoms with Gasteiger partial charge in [0.25, 0.3) is 5.91 Å². The molecule has 3 rings (SSSR count). The first kappa shape index (κ1) is 18.1. The summed E-state index contributed by atoms with van der Waals surface area (Å²) in [5, 5.41) is 7.60. The fraction of sp³-hybridized carbons (Fsp3) is 0.316. The predicted octanol–water partition coefficient (Wildman–Crippen LogP) is 2.88. The molecule has 2 heterocycles. The second kappa shape index (κ2) is 9.15. The summed E-state index contributed by atoms with van der Waals surface area (Å²) in [4.78, 5) is 32.1. The second-order valence-electron chi connectivity index (χ2n) is 5.99. The summed E-state index contributed by atoms with van der Waals surface area (Å²) < 4.78 is 0. The maximum absolute atomic E-state index is 11.8. The molecule has 1 aromatic carbocycles. The van der Waals surface area contributed by atoms with Gasteiger partial charge >= 0.3 is 0 Å². The highest BCUT2D eigenvalue weighted by molar-refractivity contribution is 7.12. The second-order valence-corrected chi connectivity index (χ2v) is 6.94. The van der Waals surface area contributed by atoms with E-state index in [9.17, 15) is 9.59 Å². The average molecular weight is 370 g/mol. The van der Waals surface area contributed by atoms with E-state index in [4.69, 9.17) is 0 Å². The number of imidazole rings is 1. The number of aryl methyl sites for hydroxylation is 1. The van der Waals surface area contributed by atoms with E-state index in [0.29, 0.717) is 30.8 Å². The van der Waals surface area contributed by atoms with E-state index in [1.54, 1.807) is 6.07 Å². The first-order valence-corrected chi connectivity index (χ1v) is 9.62. The zero-order chi connectivity index (χ0) is 18.2. The lowest BCUT2D eigenvalue weighted by molar-refractivity contribution is -0.121. The van der Waals surface area contributed by atoms with Gasteiger partial charge in [-0.1, -0.05) is 18.2 Å². The lowest BCUT2D eigenvalue weighted by atomic mass is 10.2. The number of fused-ring (bicyclic) bond motifs is 1. The van der Waals surface area contributed by atoms with E-state index in [2.05, 4.69) is 20.6 Å². The average Bonchev–Trinajstić information content (AvgIpc) is 3.31. The molecule has 0 aliphatic carbocycles. The highest BCUT2D eigenvalue weighted by Crippen LogP contribution is 2.11. The molecule has 0 fully saturated rings. The molecule has 7 heteroatoms. The number of rotatable bonds is 9. The molecule has 0 saturated carbocycles. The van der Waals surface area contributed by atoms with Crippen LogP contribution in [-0.2, 0) is 11.2 Å². The number of nitrogens with zero attached hydrogens (tertiary/aromatic N) is 1. The van der Waals surface area contributed by atoms with E-state index in [1.807, 2.05) is 35.7 Å². The molecule has 0 aliphatic heterocycles. The SMILES string of the molecule is O=C(CCCNC(=O)c1cccs1)NCCCc1nc2ccccc2[nH]1. The molecule has 3 N–H and O–H groups in total. The third-order valence-corrected chi connectivity index (χ3v) is 4.83. The van der Waals surface area contributed by atoms with Gasteiger partial charge < -0.3 is 15.6 Å². The minimum Gasteiger partial charge on any atom is -0.356 e. The van der Waals surface area contributed by atoms with E-state index < -0.39 is 0 Å². The number of hydrogen-bond donors (Lipinski definition) is 3. The fourth-order valence-electron chi connectivity index (χ4n) is 2.64. The molecule has 2 aromatic heterocycles. The molecule has 0 saturated heterocycles. The minimum absolute atomic E-state index is 0.0139. The number of para-hydroxylation sites is 2. The standard InChI is InChI=1S/C19H22N4O2S/c24-18(10-4-12-21-19(25)16-8-5-13-26-16)20-11-3-9-17-22-14-6-1-2-7-15(14)23-17/h1-2,5-8,13H,3-4,9-12H2,(H,20,24)(H,21,25)(H,22,23). The molecular weight excluding hydrogens is 348 g/mol. The number of H-pyrrole nitrogens is 1. The van der Waals surface area contributed by atoms with Crippen LogP contribution < -0.4 is 10.6 Å². The summed E-state index contributed by atoms with van der Waals surface area (Å²) in [6.07, 6.45) is 2.67. The Hall–Kier alpha value is -2.67. The Balaban J connectivity index is 1.26. The Bertz CT molecular complexity index is 824. The number of aromatic nitrogens is 2. The van der Waals surface area contributed by atoms with Crippen molar-refractivity contribution in [3.05, 3.63) is 52.5 Å². The summed E-state index contributed by atoms with van der Waals surface area (Å²) in [5.41, 5.74) is 2.01. The van der Waals surface area contributed by atoms with Crippen LogP contribution in [0.1, 0.15) is 34.8 Å². The van der Waals surface area contributed by atoms with Gasteiger partial charge in [0.15, 0.2) is 0 Å². The maximum atomic E-state index is 11.8. The molecule has 0 unspecified atom stereocenters. The molecule has 0 spiro atoms. The summed E-state index contributed by atoms with van der Waals surface area (Å²) in [6.45, 7) is 1.13. The van der Waals surface area contributed by atoms with Crippen molar-refractivity contribution in [1.82, 2.24) is 20.6 Å². The van der Waals surface area contributed by atoms with Crippen molar-refractivity contribution < 1.29 is 9.59 Å². The normalized spacial score (nSPS) is 10.8. The van der Waals surface area contributed by atoms with Gasteiger partial charge in [-0.2, -0.15) is 0 Å². The van der Waals surface area contributed by atoms with E-state index in [-0.39, 0.29) is 11.8 Å². The van der Waals surface area contributed by atoms with Crippen LogP contribution in [0.2, 0.25) is 0 Å². The number of hydrogen-bond acceptors (Lipinski definition) is 4. The van der Waals surface area contributed by atoms with Gasteiger partial charge in [-0.25, -0.2) is 4.98 Å². The van der Waals surface area contributed by atoms with Crippen LogP contribution in [0.15, 0.2) is 41.8 Å². The number of thiophene rings is 1. The van der Waals surface area contributed by atoms with Gasteiger partial charge in [0.1, 0.15) is 5.82 Å². The van der Waals surface area contributed by atoms with Crippen molar-refractivity contribution in [3.63, 3.8) is 0 Å². The predicted molar refractivity (Wildman–Crippen MR) is 103 cm³/mol. The van der Waals surface area contributed by atoms with E-state index >= 15 is 0 Å². The van der Waals surface area contributed by atoms with Crippen molar-refractivity contribution in [2.75, 3.05) is 13.1 Å². The van der Waals surface area contributed by atoms with Gasteiger partial charge in [0.2, 0.25) is 5.91 Å². The summed E-state index contributed by atoms with van der Waals surface area (Å²) in [6, 6.07) is 11.6. The van der Waals surface area contributed by atoms with Crippen molar-refractivity contribution in [1.29, 1.82) is 0 Å². The van der Waals surface area contributed by atoms with Crippen LogP contribution in [0.4, 0.5) is 0 Å². The monoisotopic (exact) mass is 370 g/mol. The fourth-order valence-corrected chi connectivity index (χ4v) is 3.28. The molecule has 0 atom stereocenters. The molecule has 6 nitrogen and oxygen atoms in total. The third kappa shape index (κ3) is 5.16. The van der Waals surface area contributed by atoms with Gasteiger partial charge in [0.05, 0.1) is 15.9 Å². The number of amides is 2. The van der Waals surface area contributed by atoms with Crippen molar-refractivity contribution in [2.45, 2.75) is 25.7 Å². The van der Waals surface area contributed by atoms with E-state index in [0.717, 1.165) is 29.7 Å². The Morgan fingerprint density at radius 1 is 1.04 bits per heavy atom. The van der Waals surface area contributed by atoms with Crippen LogP contribution in [0.3, 0.4) is 0 Å². The quantitative estimate of drug-likeness (QED) is 0.506. The highest BCUT2D eigenvalue weighted by Gasteiger charge is 2.06. The highest BCUT2D eigenvalue weighted by atomic mass is 32.1. The number of carbonyl (C=O) groups excluding carboxylic acids is 2. The molecule has 136 valence electrons. The van der Waals surface area contributed by atoms with Gasteiger partial charge in [0, 0.05) is 25.9 Å². The molecule has 3 aromatic rings. The zero-order valence-electron chi connectivity index (χ0n) is 14.5. The van der Waals surface area contributed by atoms with Crippen LogP contribution in [0, 0.1) is 0 Å². The van der Waals surface area contributed by atoms with Gasteiger partial charge in [-0.3, -0.25) is 9.59 Å². The molecule has 0 aliphatic rings. The largest absolute Gasteiger partial charge is 0.356 e. The Morgan fingerprint density at radius 3 is 2.69 bits per heavy atom. The zero-order valence-corrected chi connectivity index (χ0v) is 15.3. The van der Waals surface area contributed by atoms with E-state index in [1.165, 1.54) is 11.3 Å². The van der Waals surface area contributed by atoms with Crippen molar-refractivity contribution >= 4 is 34.2 Å². The van der Waals surface area contributed by atoms with Crippen molar-refractivity contribution in [3.8, 4) is 0 Å². The maximum Gasteiger partial charge on any atom is 0.261 e. The van der Waals surface area contributed by atoms with Crippen molar-refractivity contribution in [2.24, 2.45) is 0 Å². The topological polar surface area (TPSA) is 86.9 Å². The number of aromatic amines is 1. The summed E-state index contributed by atoms with van der Waals surface area (Å²) >= 11 is 1.41. The Labute approximate surface area is 156 Å². The summed E-state index contributed by atoms with van der Waals surface area (Å²) in [7, 11) is 0. The molecular formula is C19H22N4O2S. The summed E-state index contributed by atoms with van der Waals surface area (Å²) in [5.74, 6) is 0.878. The Morgan fingerprint density at radius 2 is 1.88 bits per heavy atom. The molecule has 26 heavy (non-hydrogen) atoms. The van der Waals surface area contributed by atoms with Gasteiger partial charge in [-0.15, -0.1) is 11.3 Å².